The van der Waals surface area contributed by atoms with Gasteiger partial charge in [-0.15, -0.1) is 0 Å². The number of hydrogen-bond acceptors (Lipinski definition) is 3. The standard InChI is InChI=1S/C21H28N2O3/c1-13-2-3-17(18(24)6-13)23-19(25)4-5-22-20(26)21-10-14-7-15(11-21)9-16(8-14)12-21/h2-3,6,14-16,24H,4-5,7-12H2,1H3,(H,22,26)(H,23,25). The number of anilines is 1. The third-order valence-electron chi connectivity index (χ3n) is 6.58. The molecule has 0 heterocycles. The maximum absolute atomic E-state index is 12.8. The van der Waals surface area contributed by atoms with E-state index in [-0.39, 0.29) is 29.4 Å². The molecule has 1 aromatic rings. The molecular formula is C21H28N2O3. The Morgan fingerprint density at radius 2 is 1.73 bits per heavy atom. The summed E-state index contributed by atoms with van der Waals surface area (Å²) in [6.45, 7) is 2.23. The summed E-state index contributed by atoms with van der Waals surface area (Å²) in [5.74, 6) is 2.23. The number of nitrogens with one attached hydrogen (secondary N) is 2. The van der Waals surface area contributed by atoms with Crippen LogP contribution in [0, 0.1) is 30.1 Å². The molecule has 2 amide bonds. The molecule has 4 aliphatic rings. The van der Waals surface area contributed by atoms with Crippen LogP contribution in [0.2, 0.25) is 0 Å². The maximum Gasteiger partial charge on any atom is 0.226 e. The smallest absolute Gasteiger partial charge is 0.226 e. The lowest BCUT2D eigenvalue weighted by Crippen LogP contribution is -2.53. The summed E-state index contributed by atoms with van der Waals surface area (Å²) in [7, 11) is 0. The number of aryl methyl sites for hydroxylation is 1. The van der Waals surface area contributed by atoms with Crippen molar-refractivity contribution in [3.05, 3.63) is 23.8 Å². The zero-order chi connectivity index (χ0) is 18.3. The molecule has 0 spiro atoms. The van der Waals surface area contributed by atoms with E-state index in [9.17, 15) is 14.7 Å². The summed E-state index contributed by atoms with van der Waals surface area (Å²) < 4.78 is 0. The molecule has 5 nitrogen and oxygen atoms in total. The van der Waals surface area contributed by atoms with E-state index in [2.05, 4.69) is 10.6 Å². The normalized spacial score (nSPS) is 31.7. The van der Waals surface area contributed by atoms with Gasteiger partial charge >= 0.3 is 0 Å². The third kappa shape index (κ3) is 3.31. The summed E-state index contributed by atoms with van der Waals surface area (Å²) in [4.78, 5) is 25.0. The second-order valence-corrected chi connectivity index (χ2v) is 8.77. The molecule has 140 valence electrons. The summed E-state index contributed by atoms with van der Waals surface area (Å²) in [5, 5.41) is 15.6. The number of carbonyl (C=O) groups excluding carboxylic acids is 2. The lowest BCUT2D eigenvalue weighted by atomic mass is 9.49. The lowest BCUT2D eigenvalue weighted by molar-refractivity contribution is -0.146. The minimum Gasteiger partial charge on any atom is -0.506 e. The average Bonchev–Trinajstić information content (AvgIpc) is 2.56. The van der Waals surface area contributed by atoms with Crippen LogP contribution >= 0.6 is 0 Å². The Kier molecular flexibility index (Phi) is 4.41. The number of rotatable bonds is 5. The molecule has 0 unspecified atom stereocenters. The van der Waals surface area contributed by atoms with Crippen LogP contribution in [0.5, 0.6) is 5.75 Å². The highest BCUT2D eigenvalue weighted by Crippen LogP contribution is 2.60. The first-order chi connectivity index (χ1) is 12.4. The van der Waals surface area contributed by atoms with Gasteiger partial charge in [0.15, 0.2) is 0 Å². The molecule has 4 fully saturated rings. The molecule has 1 aromatic carbocycles. The maximum atomic E-state index is 12.8. The SMILES string of the molecule is Cc1ccc(NC(=O)CCNC(=O)C23CC4CC(CC(C4)C2)C3)c(O)c1. The minimum atomic E-state index is -0.199. The molecule has 4 aliphatic carbocycles. The number of aromatic hydroxyl groups is 1. The third-order valence-corrected chi connectivity index (χ3v) is 6.58. The van der Waals surface area contributed by atoms with Crippen molar-refractivity contribution in [3.63, 3.8) is 0 Å². The van der Waals surface area contributed by atoms with Gasteiger partial charge in [-0.1, -0.05) is 6.07 Å². The van der Waals surface area contributed by atoms with E-state index in [4.69, 9.17) is 0 Å². The largest absolute Gasteiger partial charge is 0.506 e. The van der Waals surface area contributed by atoms with Crippen LogP contribution in [0.1, 0.15) is 50.5 Å². The Balaban J connectivity index is 1.28. The second-order valence-electron chi connectivity index (χ2n) is 8.77. The van der Waals surface area contributed by atoms with Crippen LogP contribution in [0.3, 0.4) is 0 Å². The minimum absolute atomic E-state index is 0.0657. The molecule has 0 atom stereocenters. The molecule has 0 saturated heterocycles. The van der Waals surface area contributed by atoms with E-state index >= 15 is 0 Å². The van der Waals surface area contributed by atoms with Gasteiger partial charge in [-0.05, 0) is 80.9 Å². The molecule has 3 N–H and O–H groups in total. The van der Waals surface area contributed by atoms with Crippen molar-refractivity contribution in [3.8, 4) is 5.75 Å². The highest BCUT2D eigenvalue weighted by Gasteiger charge is 2.54. The van der Waals surface area contributed by atoms with E-state index in [1.807, 2.05) is 13.0 Å². The van der Waals surface area contributed by atoms with Crippen LogP contribution in [0.25, 0.3) is 0 Å². The Hall–Kier alpha value is -2.04. The van der Waals surface area contributed by atoms with Gasteiger partial charge in [0.2, 0.25) is 11.8 Å². The summed E-state index contributed by atoms with van der Waals surface area (Å²) in [6, 6.07) is 5.14. The van der Waals surface area contributed by atoms with E-state index in [0.29, 0.717) is 12.2 Å². The molecule has 5 rings (SSSR count). The van der Waals surface area contributed by atoms with Gasteiger partial charge in [-0.25, -0.2) is 0 Å². The van der Waals surface area contributed by atoms with E-state index in [0.717, 1.165) is 42.6 Å². The molecule has 4 bridgehead atoms. The molecular weight excluding hydrogens is 328 g/mol. The Morgan fingerprint density at radius 3 is 2.31 bits per heavy atom. The summed E-state index contributed by atoms with van der Waals surface area (Å²) in [5.41, 5.74) is 1.18. The number of amides is 2. The van der Waals surface area contributed by atoms with Gasteiger partial charge in [0.25, 0.3) is 0 Å². The van der Waals surface area contributed by atoms with Crippen LogP contribution < -0.4 is 10.6 Å². The van der Waals surface area contributed by atoms with Gasteiger partial charge in [0.1, 0.15) is 5.75 Å². The van der Waals surface area contributed by atoms with Crippen LogP contribution in [0.15, 0.2) is 18.2 Å². The first-order valence-corrected chi connectivity index (χ1v) is 9.81. The quantitative estimate of drug-likeness (QED) is 0.708. The zero-order valence-electron chi connectivity index (χ0n) is 15.4. The van der Waals surface area contributed by atoms with Crippen molar-refractivity contribution in [2.45, 2.75) is 51.9 Å². The Labute approximate surface area is 154 Å². The lowest BCUT2D eigenvalue weighted by Gasteiger charge is -2.55. The first-order valence-electron chi connectivity index (χ1n) is 9.81. The van der Waals surface area contributed by atoms with Gasteiger partial charge in [0, 0.05) is 18.4 Å². The van der Waals surface area contributed by atoms with Crippen molar-refractivity contribution in [1.82, 2.24) is 5.32 Å². The predicted octanol–water partition coefficient (Wildman–Crippen LogP) is 3.36. The Bertz CT molecular complexity index is 693. The predicted molar refractivity (Wildman–Crippen MR) is 99.7 cm³/mol. The van der Waals surface area contributed by atoms with Crippen LogP contribution in [0.4, 0.5) is 5.69 Å². The monoisotopic (exact) mass is 356 g/mol. The zero-order valence-corrected chi connectivity index (χ0v) is 15.4. The summed E-state index contributed by atoms with van der Waals surface area (Å²) >= 11 is 0. The van der Waals surface area contributed by atoms with Gasteiger partial charge in [-0.3, -0.25) is 9.59 Å². The van der Waals surface area contributed by atoms with Crippen molar-refractivity contribution in [2.75, 3.05) is 11.9 Å². The second kappa shape index (κ2) is 6.60. The van der Waals surface area contributed by atoms with Crippen LogP contribution in [-0.4, -0.2) is 23.5 Å². The Morgan fingerprint density at radius 1 is 1.12 bits per heavy atom. The molecule has 5 heteroatoms. The molecule has 26 heavy (non-hydrogen) atoms. The average molecular weight is 356 g/mol. The highest BCUT2D eigenvalue weighted by molar-refractivity contribution is 5.92. The van der Waals surface area contributed by atoms with Crippen molar-refractivity contribution >= 4 is 17.5 Å². The molecule has 0 aliphatic heterocycles. The fourth-order valence-electron chi connectivity index (χ4n) is 5.83. The van der Waals surface area contributed by atoms with Crippen LogP contribution in [-0.2, 0) is 9.59 Å². The van der Waals surface area contributed by atoms with Gasteiger partial charge in [-0.2, -0.15) is 0 Å². The number of phenols is 1. The summed E-state index contributed by atoms with van der Waals surface area (Å²) in [6.07, 6.45) is 7.27. The van der Waals surface area contributed by atoms with E-state index in [1.165, 1.54) is 19.3 Å². The van der Waals surface area contributed by atoms with Crippen molar-refractivity contribution < 1.29 is 14.7 Å². The number of carbonyl (C=O) groups is 2. The topological polar surface area (TPSA) is 78.4 Å². The van der Waals surface area contributed by atoms with Gasteiger partial charge in [0.05, 0.1) is 5.69 Å². The number of phenolic OH excluding ortho intramolecular Hbond substituents is 1. The molecule has 0 radical (unpaired) electrons. The van der Waals surface area contributed by atoms with Crippen molar-refractivity contribution in [1.29, 1.82) is 0 Å². The fourth-order valence-corrected chi connectivity index (χ4v) is 5.83. The number of hydrogen-bond donors (Lipinski definition) is 3. The fraction of sp³-hybridized carbons (Fsp3) is 0.619. The van der Waals surface area contributed by atoms with E-state index in [1.54, 1.807) is 12.1 Å². The highest BCUT2D eigenvalue weighted by atomic mass is 16.3. The molecule has 0 aromatic heterocycles. The first kappa shape index (κ1) is 17.4. The number of benzene rings is 1. The van der Waals surface area contributed by atoms with Gasteiger partial charge < -0.3 is 15.7 Å². The molecule has 4 saturated carbocycles. The van der Waals surface area contributed by atoms with E-state index < -0.39 is 0 Å². The van der Waals surface area contributed by atoms with Crippen molar-refractivity contribution in [2.24, 2.45) is 23.2 Å².